The summed E-state index contributed by atoms with van der Waals surface area (Å²) >= 11 is 0. The molecule has 0 bridgehead atoms. The van der Waals surface area contributed by atoms with Gasteiger partial charge >= 0.3 is 0 Å². The van der Waals surface area contributed by atoms with Crippen molar-refractivity contribution in [2.45, 2.75) is 33.6 Å². The van der Waals surface area contributed by atoms with Crippen LogP contribution in [0.25, 0.3) is 0 Å². The van der Waals surface area contributed by atoms with Crippen LogP contribution in [0.4, 0.5) is 0 Å². The highest BCUT2D eigenvalue weighted by Crippen LogP contribution is 2.40. The Morgan fingerprint density at radius 1 is 1.12 bits per heavy atom. The van der Waals surface area contributed by atoms with Crippen LogP contribution in [0.15, 0.2) is 0 Å². The first kappa shape index (κ1) is 12.2. The fourth-order valence-electron chi connectivity index (χ4n) is 2.41. The van der Waals surface area contributed by atoms with Crippen LogP contribution < -0.4 is 9.47 Å². The normalized spacial score (nSPS) is 14.1. The van der Waals surface area contributed by atoms with Crippen LogP contribution in [0.2, 0.25) is 0 Å². The van der Waals surface area contributed by atoms with E-state index in [9.17, 15) is 0 Å². The van der Waals surface area contributed by atoms with Crippen LogP contribution in [-0.2, 0) is 11.2 Å². The molecule has 2 rings (SSSR count). The number of ether oxygens (including phenoxy) is 3. The predicted molar refractivity (Wildman–Crippen MR) is 67.0 cm³/mol. The second kappa shape index (κ2) is 4.96. The van der Waals surface area contributed by atoms with Crippen LogP contribution in [0.3, 0.4) is 0 Å². The number of rotatable bonds is 3. The van der Waals surface area contributed by atoms with Gasteiger partial charge in [-0.2, -0.15) is 0 Å². The van der Waals surface area contributed by atoms with E-state index in [1.165, 1.54) is 16.7 Å². The summed E-state index contributed by atoms with van der Waals surface area (Å²) in [7, 11) is 1.64. The molecule has 94 valence electrons. The van der Waals surface area contributed by atoms with Crippen molar-refractivity contribution in [2.75, 3.05) is 20.5 Å². The average molecular weight is 236 g/mol. The molecule has 0 radical (unpaired) electrons. The zero-order chi connectivity index (χ0) is 12.4. The lowest BCUT2D eigenvalue weighted by molar-refractivity contribution is 0.0499. The third kappa shape index (κ3) is 2.12. The van der Waals surface area contributed by atoms with Gasteiger partial charge in [0.25, 0.3) is 0 Å². The molecule has 0 amide bonds. The lowest BCUT2D eigenvalue weighted by Crippen LogP contribution is -2.14. The van der Waals surface area contributed by atoms with Gasteiger partial charge in [-0.25, -0.2) is 0 Å². The largest absolute Gasteiger partial charge is 0.493 e. The van der Waals surface area contributed by atoms with Crippen molar-refractivity contribution in [3.05, 3.63) is 22.3 Å². The molecule has 1 heterocycles. The lowest BCUT2D eigenvalue weighted by atomic mass is 9.93. The summed E-state index contributed by atoms with van der Waals surface area (Å²) < 4.78 is 16.5. The summed E-state index contributed by atoms with van der Waals surface area (Å²) in [5, 5.41) is 0. The predicted octanol–water partition coefficient (Wildman–Crippen LogP) is 2.92. The van der Waals surface area contributed by atoms with Gasteiger partial charge in [-0.05, 0) is 50.3 Å². The Hall–Kier alpha value is -1.22. The van der Waals surface area contributed by atoms with Crippen LogP contribution in [0, 0.1) is 20.8 Å². The molecule has 0 spiro atoms. The van der Waals surface area contributed by atoms with E-state index in [1.807, 2.05) is 0 Å². The molecule has 0 unspecified atom stereocenters. The Kier molecular flexibility index (Phi) is 3.57. The highest BCUT2D eigenvalue weighted by molar-refractivity contribution is 5.58. The first-order chi connectivity index (χ1) is 8.16. The summed E-state index contributed by atoms with van der Waals surface area (Å²) in [4.78, 5) is 0. The highest BCUT2D eigenvalue weighted by Gasteiger charge is 2.21. The summed E-state index contributed by atoms with van der Waals surface area (Å²) in [5.41, 5.74) is 4.84. The number of methoxy groups -OCH3 is 1. The molecule has 0 fully saturated rings. The van der Waals surface area contributed by atoms with Gasteiger partial charge in [0, 0.05) is 12.7 Å². The Labute approximate surface area is 103 Å². The molecule has 1 aliphatic heterocycles. The molecule has 1 aromatic carbocycles. The molecule has 3 nitrogen and oxygen atoms in total. The van der Waals surface area contributed by atoms with Crippen molar-refractivity contribution < 1.29 is 14.2 Å². The average Bonchev–Trinajstić information content (AvgIpc) is 2.36. The van der Waals surface area contributed by atoms with Gasteiger partial charge in [-0.15, -0.1) is 0 Å². The maximum Gasteiger partial charge on any atom is 0.188 e. The number of fused-ring (bicyclic) bond motifs is 1. The fourth-order valence-corrected chi connectivity index (χ4v) is 2.41. The van der Waals surface area contributed by atoms with E-state index in [2.05, 4.69) is 20.8 Å². The molecule has 17 heavy (non-hydrogen) atoms. The van der Waals surface area contributed by atoms with Gasteiger partial charge < -0.3 is 14.2 Å². The van der Waals surface area contributed by atoms with Crippen LogP contribution in [0.5, 0.6) is 11.5 Å². The fraction of sp³-hybridized carbons (Fsp3) is 0.571. The van der Waals surface area contributed by atoms with E-state index < -0.39 is 0 Å². The SMILES string of the molecule is COCOc1c(C)c(C)c2c(c1C)CCCO2. The Balaban J connectivity index is 2.49. The Bertz CT molecular complexity index is 424. The van der Waals surface area contributed by atoms with Crippen molar-refractivity contribution in [1.82, 2.24) is 0 Å². The summed E-state index contributed by atoms with van der Waals surface area (Å²) in [5.74, 6) is 2.02. The zero-order valence-corrected chi connectivity index (χ0v) is 11.1. The monoisotopic (exact) mass is 236 g/mol. The third-order valence-corrected chi connectivity index (χ3v) is 3.45. The van der Waals surface area contributed by atoms with Crippen LogP contribution in [-0.4, -0.2) is 20.5 Å². The Morgan fingerprint density at radius 3 is 2.59 bits per heavy atom. The second-order valence-corrected chi connectivity index (χ2v) is 4.51. The minimum absolute atomic E-state index is 0.292. The molecule has 0 aliphatic carbocycles. The molecule has 3 heteroatoms. The van der Waals surface area contributed by atoms with Gasteiger partial charge in [-0.1, -0.05) is 0 Å². The molecular formula is C14H20O3. The van der Waals surface area contributed by atoms with Crippen molar-refractivity contribution in [1.29, 1.82) is 0 Å². The maximum atomic E-state index is 5.79. The smallest absolute Gasteiger partial charge is 0.188 e. The van der Waals surface area contributed by atoms with E-state index in [0.717, 1.165) is 36.5 Å². The molecule has 0 aromatic heterocycles. The van der Waals surface area contributed by atoms with Gasteiger partial charge in [-0.3, -0.25) is 0 Å². The molecular weight excluding hydrogens is 216 g/mol. The van der Waals surface area contributed by atoms with Crippen molar-refractivity contribution in [2.24, 2.45) is 0 Å². The van der Waals surface area contributed by atoms with Gasteiger partial charge in [0.2, 0.25) is 0 Å². The second-order valence-electron chi connectivity index (χ2n) is 4.51. The molecule has 0 saturated carbocycles. The van der Waals surface area contributed by atoms with E-state index in [1.54, 1.807) is 7.11 Å². The van der Waals surface area contributed by atoms with E-state index in [0.29, 0.717) is 6.79 Å². The van der Waals surface area contributed by atoms with Crippen LogP contribution >= 0.6 is 0 Å². The minimum Gasteiger partial charge on any atom is -0.493 e. The van der Waals surface area contributed by atoms with Gasteiger partial charge in [0.1, 0.15) is 11.5 Å². The molecule has 0 N–H and O–H groups in total. The topological polar surface area (TPSA) is 27.7 Å². The number of hydrogen-bond acceptors (Lipinski definition) is 3. The summed E-state index contributed by atoms with van der Waals surface area (Å²) in [6.45, 7) is 7.39. The first-order valence-electron chi connectivity index (χ1n) is 6.04. The zero-order valence-electron chi connectivity index (χ0n) is 11.1. The van der Waals surface area contributed by atoms with Gasteiger partial charge in [0.15, 0.2) is 6.79 Å². The minimum atomic E-state index is 0.292. The van der Waals surface area contributed by atoms with E-state index >= 15 is 0 Å². The van der Waals surface area contributed by atoms with Gasteiger partial charge in [0.05, 0.1) is 6.61 Å². The lowest BCUT2D eigenvalue weighted by Gasteiger charge is -2.25. The molecule has 1 aromatic rings. The van der Waals surface area contributed by atoms with E-state index in [-0.39, 0.29) is 0 Å². The van der Waals surface area contributed by atoms with Crippen molar-refractivity contribution in [3.63, 3.8) is 0 Å². The van der Waals surface area contributed by atoms with E-state index in [4.69, 9.17) is 14.2 Å². The first-order valence-corrected chi connectivity index (χ1v) is 6.04. The Morgan fingerprint density at radius 2 is 1.88 bits per heavy atom. The quantitative estimate of drug-likeness (QED) is 0.755. The van der Waals surface area contributed by atoms with Crippen LogP contribution in [0.1, 0.15) is 28.7 Å². The number of hydrogen-bond donors (Lipinski definition) is 0. The van der Waals surface area contributed by atoms with Crippen molar-refractivity contribution >= 4 is 0 Å². The maximum absolute atomic E-state index is 5.79. The standard InChI is InChI=1S/C14H20O3/c1-9-10(2)14-12(6-5-7-16-14)11(3)13(9)17-8-15-4/h5-8H2,1-4H3. The third-order valence-electron chi connectivity index (χ3n) is 3.45. The molecule has 1 aliphatic rings. The number of benzene rings is 1. The summed E-state index contributed by atoms with van der Waals surface area (Å²) in [6, 6.07) is 0. The molecule has 0 saturated heterocycles. The summed E-state index contributed by atoms with van der Waals surface area (Å²) in [6.07, 6.45) is 2.16. The highest BCUT2D eigenvalue weighted by atomic mass is 16.7. The molecule has 0 atom stereocenters. The van der Waals surface area contributed by atoms with Crippen molar-refractivity contribution in [3.8, 4) is 11.5 Å².